The molecule has 9 heteroatoms. The van der Waals surface area contributed by atoms with Crippen molar-refractivity contribution in [2.75, 3.05) is 19.1 Å². The molecule has 7 nitrogen and oxygen atoms in total. The molecule has 1 aliphatic rings. The van der Waals surface area contributed by atoms with Crippen LogP contribution in [0, 0.1) is 19.7 Å². The highest BCUT2D eigenvalue weighted by molar-refractivity contribution is 7.22. The maximum absolute atomic E-state index is 13.6. The van der Waals surface area contributed by atoms with Crippen LogP contribution in [0.2, 0.25) is 0 Å². The summed E-state index contributed by atoms with van der Waals surface area (Å²) < 4.78 is 25.4. The Kier molecular flexibility index (Phi) is 6.16. The highest BCUT2D eigenvalue weighted by Crippen LogP contribution is 2.47. The molecule has 5 rings (SSSR count). The molecule has 1 saturated heterocycles. The van der Waals surface area contributed by atoms with Gasteiger partial charge in [-0.2, -0.15) is 0 Å². The summed E-state index contributed by atoms with van der Waals surface area (Å²) in [5, 5.41) is 11.6. The third-order valence-electron chi connectivity index (χ3n) is 6.32. The van der Waals surface area contributed by atoms with Crippen LogP contribution in [0.4, 0.5) is 9.52 Å². The fraction of sp³-hybridized carbons (Fsp3) is 0.179. The van der Waals surface area contributed by atoms with Crippen molar-refractivity contribution in [2.45, 2.75) is 19.9 Å². The summed E-state index contributed by atoms with van der Waals surface area (Å²) in [4.78, 5) is 33.0. The third kappa shape index (κ3) is 4.11. The fourth-order valence-corrected chi connectivity index (χ4v) is 5.77. The number of ketones is 1. The van der Waals surface area contributed by atoms with Gasteiger partial charge in [-0.15, -0.1) is 0 Å². The van der Waals surface area contributed by atoms with Crippen LogP contribution in [-0.4, -0.2) is 36.0 Å². The number of hydrogen-bond acceptors (Lipinski definition) is 7. The summed E-state index contributed by atoms with van der Waals surface area (Å²) in [5.74, 6) is -1.79. The molecule has 1 amide bonds. The average Bonchev–Trinajstić information content (AvgIpc) is 3.42. The normalized spacial score (nSPS) is 17.0. The number of rotatable bonds is 5. The number of anilines is 1. The quantitative estimate of drug-likeness (QED) is 0.207. The van der Waals surface area contributed by atoms with E-state index in [9.17, 15) is 19.1 Å². The predicted octanol–water partition coefficient (Wildman–Crippen LogP) is 5.70. The van der Waals surface area contributed by atoms with E-state index in [2.05, 4.69) is 0 Å². The van der Waals surface area contributed by atoms with Gasteiger partial charge in [0.2, 0.25) is 0 Å². The van der Waals surface area contributed by atoms with E-state index >= 15 is 0 Å². The number of halogens is 1. The number of thiazole rings is 1. The fourth-order valence-electron chi connectivity index (χ4n) is 4.60. The number of nitrogens with zero attached hydrogens (tertiary/aromatic N) is 2. The van der Waals surface area contributed by atoms with Gasteiger partial charge in [0.25, 0.3) is 5.78 Å². The SMILES string of the molecule is COc1ccc(OC)c([C@H]2/C(=C(\O)c3ccc(F)cc3)C(=O)C(=O)N2c2nc3c(C)cc(C)cc3s2)c1. The molecule has 1 aliphatic heterocycles. The van der Waals surface area contributed by atoms with Crippen LogP contribution in [0.5, 0.6) is 11.5 Å². The Morgan fingerprint density at radius 2 is 1.76 bits per heavy atom. The molecule has 37 heavy (non-hydrogen) atoms. The van der Waals surface area contributed by atoms with Crippen molar-refractivity contribution in [3.63, 3.8) is 0 Å². The van der Waals surface area contributed by atoms with Crippen LogP contribution in [0.25, 0.3) is 16.0 Å². The summed E-state index contributed by atoms with van der Waals surface area (Å²) in [6, 6.07) is 13.0. The number of aromatic nitrogens is 1. The minimum absolute atomic E-state index is 0.157. The number of benzene rings is 3. The largest absolute Gasteiger partial charge is 0.507 e. The van der Waals surface area contributed by atoms with Crippen molar-refractivity contribution in [2.24, 2.45) is 0 Å². The molecule has 188 valence electrons. The van der Waals surface area contributed by atoms with Crippen molar-refractivity contribution < 1.29 is 28.6 Å². The first-order valence-corrected chi connectivity index (χ1v) is 12.2. The van der Waals surface area contributed by atoms with Gasteiger partial charge < -0.3 is 14.6 Å². The van der Waals surface area contributed by atoms with Crippen LogP contribution in [-0.2, 0) is 9.59 Å². The first kappa shape index (κ1) is 24.5. The van der Waals surface area contributed by atoms with Crippen molar-refractivity contribution in [1.82, 2.24) is 4.98 Å². The predicted molar refractivity (Wildman–Crippen MR) is 140 cm³/mol. The number of aliphatic hydroxyl groups is 1. The number of hydrogen-bond donors (Lipinski definition) is 1. The van der Waals surface area contributed by atoms with Crippen molar-refractivity contribution >= 4 is 44.1 Å². The van der Waals surface area contributed by atoms with Gasteiger partial charge in [0.1, 0.15) is 29.1 Å². The lowest BCUT2D eigenvalue weighted by Crippen LogP contribution is -2.29. The van der Waals surface area contributed by atoms with Crippen LogP contribution in [0.3, 0.4) is 0 Å². The van der Waals surface area contributed by atoms with E-state index in [1.807, 2.05) is 26.0 Å². The number of carbonyl (C=O) groups is 2. The Hall–Kier alpha value is -4.24. The van der Waals surface area contributed by atoms with E-state index in [1.54, 1.807) is 18.2 Å². The highest BCUT2D eigenvalue weighted by atomic mass is 32.1. The molecule has 0 unspecified atom stereocenters. The smallest absolute Gasteiger partial charge is 0.301 e. The Bertz CT molecular complexity index is 1590. The maximum atomic E-state index is 13.6. The van der Waals surface area contributed by atoms with Crippen LogP contribution < -0.4 is 14.4 Å². The number of Topliss-reactive ketones (excluding diaryl/α,β-unsaturated/α-hetero) is 1. The molecule has 4 aromatic rings. The molecule has 1 aromatic heterocycles. The van der Waals surface area contributed by atoms with E-state index in [0.717, 1.165) is 21.3 Å². The molecule has 1 fully saturated rings. The number of methoxy groups -OCH3 is 2. The topological polar surface area (TPSA) is 89.0 Å². The molecule has 0 bridgehead atoms. The Morgan fingerprint density at radius 3 is 2.43 bits per heavy atom. The van der Waals surface area contributed by atoms with E-state index in [-0.39, 0.29) is 11.1 Å². The van der Waals surface area contributed by atoms with Gasteiger partial charge >= 0.3 is 5.91 Å². The van der Waals surface area contributed by atoms with Crippen molar-refractivity contribution in [1.29, 1.82) is 0 Å². The van der Waals surface area contributed by atoms with E-state index in [4.69, 9.17) is 14.5 Å². The second kappa shape index (κ2) is 9.33. The second-order valence-corrected chi connectivity index (χ2v) is 9.72. The summed E-state index contributed by atoms with van der Waals surface area (Å²) in [5.41, 5.74) is 3.18. The zero-order valence-corrected chi connectivity index (χ0v) is 21.4. The molecular formula is C28H23FN2O5S. The summed E-state index contributed by atoms with van der Waals surface area (Å²) in [6.45, 7) is 3.91. The zero-order valence-electron chi connectivity index (χ0n) is 20.5. The monoisotopic (exact) mass is 518 g/mol. The number of fused-ring (bicyclic) bond motifs is 1. The Labute approximate surface area is 216 Å². The standard InChI is InChI=1S/C28H23FN2O5S/c1-14-11-15(2)23-21(12-14)37-28(30-23)31-24(19-13-18(35-3)9-10-20(19)36-4)22(26(33)27(31)34)25(32)16-5-7-17(29)8-6-16/h5-13,24,32H,1-4H3/b25-22+/t24-/m0/s1. The second-order valence-electron chi connectivity index (χ2n) is 8.71. The molecule has 0 radical (unpaired) electrons. The number of amides is 1. The van der Waals surface area contributed by atoms with Gasteiger partial charge in [0, 0.05) is 11.1 Å². The molecule has 0 aliphatic carbocycles. The average molecular weight is 519 g/mol. The number of aliphatic hydroxyl groups excluding tert-OH is 1. The van der Waals surface area contributed by atoms with Crippen molar-refractivity contribution in [3.05, 3.63) is 88.2 Å². The maximum Gasteiger partial charge on any atom is 0.301 e. The van der Waals surface area contributed by atoms with Crippen LogP contribution >= 0.6 is 11.3 Å². The molecule has 1 N–H and O–H groups in total. The van der Waals surface area contributed by atoms with Crippen molar-refractivity contribution in [3.8, 4) is 11.5 Å². The van der Waals surface area contributed by atoms with Crippen LogP contribution in [0.1, 0.15) is 28.3 Å². The Balaban J connectivity index is 1.80. The Morgan fingerprint density at radius 1 is 1.03 bits per heavy atom. The summed E-state index contributed by atoms with van der Waals surface area (Å²) >= 11 is 1.28. The third-order valence-corrected chi connectivity index (χ3v) is 7.32. The van der Waals surface area contributed by atoms with E-state index in [0.29, 0.717) is 22.2 Å². The lowest BCUT2D eigenvalue weighted by atomic mass is 9.94. The molecular weight excluding hydrogens is 495 g/mol. The number of aryl methyl sites for hydroxylation is 2. The highest BCUT2D eigenvalue weighted by Gasteiger charge is 2.49. The zero-order chi connectivity index (χ0) is 26.4. The van der Waals surface area contributed by atoms with Gasteiger partial charge in [-0.3, -0.25) is 14.5 Å². The molecule has 0 saturated carbocycles. The minimum atomic E-state index is -1.07. The molecule has 3 aromatic carbocycles. The first-order valence-electron chi connectivity index (χ1n) is 11.4. The van der Waals surface area contributed by atoms with E-state index < -0.39 is 29.3 Å². The molecule has 1 atom stereocenters. The lowest BCUT2D eigenvalue weighted by Gasteiger charge is -2.25. The van der Waals surface area contributed by atoms with E-state index in [1.165, 1.54) is 54.7 Å². The lowest BCUT2D eigenvalue weighted by molar-refractivity contribution is -0.132. The first-order chi connectivity index (χ1) is 17.7. The van der Waals surface area contributed by atoms with Gasteiger partial charge in [-0.25, -0.2) is 9.37 Å². The summed E-state index contributed by atoms with van der Waals surface area (Å²) in [7, 11) is 2.97. The van der Waals surface area contributed by atoms with Gasteiger partial charge in [-0.1, -0.05) is 17.4 Å². The van der Waals surface area contributed by atoms with Crippen LogP contribution in [0.15, 0.2) is 60.2 Å². The van der Waals surface area contributed by atoms with Gasteiger partial charge in [0.05, 0.1) is 30.0 Å². The minimum Gasteiger partial charge on any atom is -0.507 e. The van der Waals surface area contributed by atoms with Gasteiger partial charge in [-0.05, 0) is 73.5 Å². The molecule has 0 spiro atoms. The summed E-state index contributed by atoms with van der Waals surface area (Å²) in [6.07, 6.45) is 0. The number of ether oxygens (including phenoxy) is 2. The molecule has 2 heterocycles. The van der Waals surface area contributed by atoms with Gasteiger partial charge in [0.15, 0.2) is 5.13 Å². The number of carbonyl (C=O) groups excluding carboxylic acids is 2.